The van der Waals surface area contributed by atoms with Gasteiger partial charge in [0.2, 0.25) is 0 Å². The smallest absolute Gasteiger partial charge is 0.407 e. The maximum atomic E-state index is 12.1. The third-order valence-corrected chi connectivity index (χ3v) is 4.01. The van der Waals surface area contributed by atoms with Crippen LogP contribution in [0.15, 0.2) is 29.4 Å². The quantitative estimate of drug-likeness (QED) is 0.792. The number of pyridine rings is 1. The summed E-state index contributed by atoms with van der Waals surface area (Å²) in [5.41, 5.74) is 0. The Morgan fingerprint density at radius 1 is 1.36 bits per heavy atom. The van der Waals surface area contributed by atoms with Gasteiger partial charge in [0.05, 0.1) is 7.11 Å². The molecule has 9 heteroatoms. The van der Waals surface area contributed by atoms with Gasteiger partial charge in [-0.3, -0.25) is 9.78 Å². The molecule has 0 saturated heterocycles. The molecule has 1 rings (SSSR count). The zero-order valence-electron chi connectivity index (χ0n) is 12.6. The highest BCUT2D eigenvalue weighted by atomic mass is 32.2. The summed E-state index contributed by atoms with van der Waals surface area (Å²) in [6, 6.07) is 1.74. The van der Waals surface area contributed by atoms with E-state index >= 15 is 0 Å². The minimum Gasteiger partial charge on any atom is -0.453 e. The average molecular weight is 329 g/mol. The van der Waals surface area contributed by atoms with E-state index in [1.165, 1.54) is 18.3 Å². The molecule has 0 aromatic carbocycles. The van der Waals surface area contributed by atoms with E-state index in [4.69, 9.17) is 0 Å². The fourth-order valence-electron chi connectivity index (χ4n) is 1.67. The van der Waals surface area contributed by atoms with Crippen LogP contribution >= 0.6 is 0 Å². The van der Waals surface area contributed by atoms with Crippen LogP contribution in [-0.4, -0.2) is 38.6 Å². The molecule has 0 aliphatic carbocycles. The van der Waals surface area contributed by atoms with Crippen LogP contribution in [-0.2, 0) is 19.6 Å². The molecule has 0 aliphatic rings. The van der Waals surface area contributed by atoms with E-state index in [0.29, 0.717) is 0 Å². The Morgan fingerprint density at radius 3 is 2.55 bits per heavy atom. The summed E-state index contributed by atoms with van der Waals surface area (Å²) in [7, 11) is -2.88. The van der Waals surface area contributed by atoms with E-state index < -0.39 is 28.1 Å². The molecule has 0 radical (unpaired) electrons. The van der Waals surface area contributed by atoms with Crippen LogP contribution in [0.5, 0.6) is 0 Å². The van der Waals surface area contributed by atoms with Gasteiger partial charge >= 0.3 is 6.09 Å². The zero-order valence-corrected chi connectivity index (χ0v) is 13.4. The van der Waals surface area contributed by atoms with Crippen molar-refractivity contribution >= 4 is 22.0 Å². The van der Waals surface area contributed by atoms with Gasteiger partial charge in [0.15, 0.2) is 0 Å². The van der Waals surface area contributed by atoms with E-state index in [-0.39, 0.29) is 17.2 Å². The predicted octanol–water partition coefficient (Wildman–Crippen LogP) is 0.657. The molecule has 22 heavy (non-hydrogen) atoms. The molecular weight excluding hydrogens is 310 g/mol. The van der Waals surface area contributed by atoms with Crippen molar-refractivity contribution in [3.8, 4) is 0 Å². The normalized spacial score (nSPS) is 12.5. The van der Waals surface area contributed by atoms with Gasteiger partial charge < -0.3 is 10.1 Å². The lowest BCUT2D eigenvalue weighted by Crippen LogP contribution is -2.48. The summed E-state index contributed by atoms with van der Waals surface area (Å²) >= 11 is 0. The Balaban J connectivity index is 2.88. The maximum absolute atomic E-state index is 12.1. The number of nitrogens with zero attached hydrogens (tertiary/aromatic N) is 1. The number of hydrogen-bond acceptors (Lipinski definition) is 6. The third-order valence-electron chi connectivity index (χ3n) is 2.68. The Morgan fingerprint density at radius 2 is 2.05 bits per heavy atom. The van der Waals surface area contributed by atoms with Crippen molar-refractivity contribution in [1.29, 1.82) is 0 Å². The lowest BCUT2D eigenvalue weighted by atomic mass is 10.0. The van der Waals surface area contributed by atoms with Crippen LogP contribution < -0.4 is 10.0 Å². The largest absolute Gasteiger partial charge is 0.453 e. The molecule has 0 fully saturated rings. The summed E-state index contributed by atoms with van der Waals surface area (Å²) in [5.74, 6) is -0.767. The Labute approximate surface area is 129 Å². The number of amides is 2. The fourth-order valence-corrected chi connectivity index (χ4v) is 2.65. The van der Waals surface area contributed by atoms with E-state index in [9.17, 15) is 18.0 Å². The molecule has 1 atom stereocenters. The van der Waals surface area contributed by atoms with Crippen molar-refractivity contribution in [2.45, 2.75) is 31.2 Å². The number of nitrogens with one attached hydrogen (secondary N) is 2. The zero-order chi connectivity index (χ0) is 16.8. The van der Waals surface area contributed by atoms with Crippen LogP contribution in [0.2, 0.25) is 0 Å². The van der Waals surface area contributed by atoms with Crippen LogP contribution in [0.3, 0.4) is 0 Å². The molecule has 1 heterocycles. The molecule has 122 valence electrons. The highest BCUT2D eigenvalue weighted by molar-refractivity contribution is 7.90. The van der Waals surface area contributed by atoms with Crippen molar-refractivity contribution in [1.82, 2.24) is 15.0 Å². The van der Waals surface area contributed by atoms with Crippen molar-refractivity contribution in [2.75, 3.05) is 7.11 Å². The van der Waals surface area contributed by atoms with Crippen LogP contribution in [0.1, 0.15) is 20.3 Å². The Bertz CT molecular complexity index is 616. The first-order chi connectivity index (χ1) is 10.3. The minimum absolute atomic E-state index is 0.0639. The van der Waals surface area contributed by atoms with Crippen molar-refractivity contribution in [3.05, 3.63) is 24.5 Å². The van der Waals surface area contributed by atoms with Gasteiger partial charge in [0.1, 0.15) is 10.9 Å². The Hall–Kier alpha value is -2.16. The molecule has 0 saturated carbocycles. The van der Waals surface area contributed by atoms with Gasteiger partial charge in [-0.2, -0.15) is 0 Å². The number of alkyl carbamates (subject to hydrolysis) is 1. The lowest BCUT2D eigenvalue weighted by Gasteiger charge is -2.19. The number of hydrogen-bond donors (Lipinski definition) is 2. The third kappa shape index (κ3) is 5.32. The SMILES string of the molecule is COC(=O)N[C@H](CC(C)C)C(=O)NS(=O)(=O)c1cccnc1. The monoisotopic (exact) mass is 329 g/mol. The average Bonchev–Trinajstić information content (AvgIpc) is 2.46. The summed E-state index contributed by atoms with van der Waals surface area (Å²) in [4.78, 5) is 27.0. The van der Waals surface area contributed by atoms with E-state index in [1.807, 2.05) is 18.6 Å². The van der Waals surface area contributed by atoms with Crippen LogP contribution in [0, 0.1) is 5.92 Å². The van der Waals surface area contributed by atoms with Gasteiger partial charge in [0.25, 0.3) is 15.9 Å². The van der Waals surface area contributed by atoms with Crippen molar-refractivity contribution in [3.63, 3.8) is 0 Å². The topological polar surface area (TPSA) is 114 Å². The first-order valence-corrected chi connectivity index (χ1v) is 8.05. The summed E-state index contributed by atoms with van der Waals surface area (Å²) in [6.07, 6.45) is 2.01. The van der Waals surface area contributed by atoms with Gasteiger partial charge in [-0.1, -0.05) is 13.8 Å². The standard InChI is InChI=1S/C13H19N3O5S/c1-9(2)7-11(15-13(18)21-3)12(17)16-22(19,20)10-5-4-6-14-8-10/h4-6,8-9,11H,7H2,1-3H3,(H,15,18)(H,16,17)/t11-/m1/s1. The van der Waals surface area contributed by atoms with Gasteiger partial charge in [-0.15, -0.1) is 0 Å². The van der Waals surface area contributed by atoms with E-state index in [1.54, 1.807) is 0 Å². The van der Waals surface area contributed by atoms with Gasteiger partial charge in [-0.25, -0.2) is 17.9 Å². The number of methoxy groups -OCH3 is 1. The first-order valence-electron chi connectivity index (χ1n) is 6.57. The lowest BCUT2D eigenvalue weighted by molar-refractivity contribution is -0.121. The van der Waals surface area contributed by atoms with Crippen LogP contribution in [0.25, 0.3) is 0 Å². The minimum atomic E-state index is -4.04. The van der Waals surface area contributed by atoms with E-state index in [2.05, 4.69) is 15.0 Å². The molecule has 1 aromatic heterocycles. The molecule has 2 N–H and O–H groups in total. The fraction of sp³-hybridized carbons (Fsp3) is 0.462. The summed E-state index contributed by atoms with van der Waals surface area (Å²) < 4.78 is 30.5. The number of sulfonamides is 1. The second-order valence-electron chi connectivity index (χ2n) is 4.98. The Kier molecular flexibility index (Phi) is 6.29. The molecule has 0 aliphatic heterocycles. The number of ether oxygens (including phenoxy) is 1. The van der Waals surface area contributed by atoms with E-state index in [0.717, 1.165) is 13.3 Å². The van der Waals surface area contributed by atoms with Crippen LogP contribution in [0.4, 0.5) is 4.79 Å². The number of carbonyl (C=O) groups excluding carboxylic acids is 2. The second-order valence-corrected chi connectivity index (χ2v) is 6.66. The van der Waals surface area contributed by atoms with Gasteiger partial charge in [-0.05, 0) is 24.5 Å². The molecule has 2 amide bonds. The highest BCUT2D eigenvalue weighted by Crippen LogP contribution is 2.09. The molecule has 8 nitrogen and oxygen atoms in total. The molecule has 0 spiro atoms. The molecule has 0 unspecified atom stereocenters. The second kappa shape index (κ2) is 7.74. The predicted molar refractivity (Wildman–Crippen MR) is 78.3 cm³/mol. The van der Waals surface area contributed by atoms with Crippen molar-refractivity contribution < 1.29 is 22.7 Å². The highest BCUT2D eigenvalue weighted by Gasteiger charge is 2.27. The molecule has 0 bridgehead atoms. The van der Waals surface area contributed by atoms with Crippen molar-refractivity contribution in [2.24, 2.45) is 5.92 Å². The summed E-state index contributed by atoms with van der Waals surface area (Å²) in [5, 5.41) is 2.32. The number of rotatable bonds is 6. The molecule has 1 aromatic rings. The maximum Gasteiger partial charge on any atom is 0.407 e. The number of aromatic nitrogens is 1. The van der Waals surface area contributed by atoms with Gasteiger partial charge in [0, 0.05) is 12.4 Å². The number of carbonyl (C=O) groups is 2. The first kappa shape index (κ1) is 17.9. The molecular formula is C13H19N3O5S. The summed E-state index contributed by atoms with van der Waals surface area (Å²) in [6.45, 7) is 3.68.